The molecule has 0 amide bonds. The molecule has 74 valence electrons. The molecule has 2 unspecified atom stereocenters. The number of rotatable bonds is 6. The van der Waals surface area contributed by atoms with Crippen LogP contribution in [0.4, 0.5) is 0 Å². The summed E-state index contributed by atoms with van der Waals surface area (Å²) in [5.41, 5.74) is 0. The lowest BCUT2D eigenvalue weighted by Crippen LogP contribution is -2.27. The van der Waals surface area contributed by atoms with E-state index in [4.69, 9.17) is 4.74 Å². The van der Waals surface area contributed by atoms with Gasteiger partial charge in [0, 0.05) is 6.61 Å². The van der Waals surface area contributed by atoms with Crippen molar-refractivity contribution < 1.29 is 4.74 Å². The Labute approximate surface area is 77.5 Å². The van der Waals surface area contributed by atoms with Gasteiger partial charge in [0.2, 0.25) is 0 Å². The summed E-state index contributed by atoms with van der Waals surface area (Å²) in [5, 5.41) is 0. The lowest BCUT2D eigenvalue weighted by atomic mass is 9.87. The average Bonchev–Trinajstić information content (AvgIpc) is 2.03. The first kappa shape index (κ1) is 12.0. The van der Waals surface area contributed by atoms with Crippen molar-refractivity contribution in [1.82, 2.24) is 0 Å². The van der Waals surface area contributed by atoms with Gasteiger partial charge in [0.25, 0.3) is 0 Å². The summed E-state index contributed by atoms with van der Waals surface area (Å²) in [6.07, 6.45) is 2.85. The van der Waals surface area contributed by atoms with Crippen molar-refractivity contribution in [2.24, 2.45) is 11.8 Å². The molecular weight excluding hydrogens is 148 g/mol. The lowest BCUT2D eigenvalue weighted by molar-refractivity contribution is 0.000554. The maximum Gasteiger partial charge on any atom is 0.0602 e. The van der Waals surface area contributed by atoms with Gasteiger partial charge in [-0.25, -0.2) is 0 Å². The van der Waals surface area contributed by atoms with Crippen molar-refractivity contribution >= 4 is 0 Å². The van der Waals surface area contributed by atoms with Gasteiger partial charge in [-0.3, -0.25) is 0 Å². The zero-order valence-corrected chi connectivity index (χ0v) is 9.26. The molecule has 0 saturated heterocycles. The number of hydrogen-bond acceptors (Lipinski definition) is 1. The number of ether oxygens (including phenoxy) is 1. The van der Waals surface area contributed by atoms with E-state index < -0.39 is 0 Å². The average molecular weight is 172 g/mol. The van der Waals surface area contributed by atoms with E-state index in [1.807, 2.05) is 0 Å². The summed E-state index contributed by atoms with van der Waals surface area (Å²) in [6, 6.07) is 0. The number of hydrogen-bond donors (Lipinski definition) is 0. The largest absolute Gasteiger partial charge is 0.378 e. The third-order valence-electron chi connectivity index (χ3n) is 2.59. The second-order valence-electron chi connectivity index (χ2n) is 3.72. The molecule has 0 aromatic carbocycles. The quantitative estimate of drug-likeness (QED) is 0.596. The van der Waals surface area contributed by atoms with Crippen LogP contribution in [0.1, 0.15) is 47.5 Å². The van der Waals surface area contributed by atoms with Crippen LogP contribution in [0.15, 0.2) is 0 Å². The van der Waals surface area contributed by atoms with Crippen LogP contribution >= 0.6 is 0 Å². The second-order valence-corrected chi connectivity index (χ2v) is 3.72. The molecule has 0 aromatic heterocycles. The van der Waals surface area contributed by atoms with Gasteiger partial charge in [0.1, 0.15) is 0 Å². The van der Waals surface area contributed by atoms with E-state index in [0.29, 0.717) is 6.10 Å². The molecule has 12 heavy (non-hydrogen) atoms. The first-order chi connectivity index (χ1) is 5.67. The van der Waals surface area contributed by atoms with Crippen LogP contribution in [0.5, 0.6) is 0 Å². The lowest BCUT2D eigenvalue weighted by Gasteiger charge is -2.28. The summed E-state index contributed by atoms with van der Waals surface area (Å²) in [4.78, 5) is 0. The minimum atomic E-state index is 0.472. The fourth-order valence-electron chi connectivity index (χ4n) is 1.92. The molecule has 0 radical (unpaired) electrons. The monoisotopic (exact) mass is 172 g/mol. The van der Waals surface area contributed by atoms with E-state index in [9.17, 15) is 0 Å². The van der Waals surface area contributed by atoms with E-state index >= 15 is 0 Å². The van der Waals surface area contributed by atoms with Gasteiger partial charge >= 0.3 is 0 Å². The summed E-state index contributed by atoms with van der Waals surface area (Å²) in [5.74, 6) is 1.47. The third kappa shape index (κ3) is 3.57. The van der Waals surface area contributed by atoms with E-state index in [0.717, 1.165) is 24.9 Å². The highest BCUT2D eigenvalue weighted by molar-refractivity contribution is 4.70. The molecule has 0 spiro atoms. The maximum atomic E-state index is 5.71. The van der Waals surface area contributed by atoms with Gasteiger partial charge < -0.3 is 4.74 Å². The van der Waals surface area contributed by atoms with Crippen molar-refractivity contribution in [3.8, 4) is 0 Å². The van der Waals surface area contributed by atoms with E-state index in [1.54, 1.807) is 0 Å². The van der Waals surface area contributed by atoms with Crippen LogP contribution < -0.4 is 0 Å². The molecule has 0 rings (SSSR count). The first-order valence-corrected chi connectivity index (χ1v) is 5.28. The Morgan fingerprint density at radius 3 is 1.83 bits per heavy atom. The van der Waals surface area contributed by atoms with Crippen LogP contribution in [0.2, 0.25) is 0 Å². The predicted molar refractivity (Wildman–Crippen MR) is 54.3 cm³/mol. The van der Waals surface area contributed by atoms with Crippen molar-refractivity contribution in [3.63, 3.8) is 0 Å². The van der Waals surface area contributed by atoms with Crippen molar-refractivity contribution in [3.05, 3.63) is 0 Å². The molecule has 0 bridgehead atoms. The Morgan fingerprint density at radius 1 is 1.00 bits per heavy atom. The minimum absolute atomic E-state index is 0.472. The van der Waals surface area contributed by atoms with Gasteiger partial charge in [0.15, 0.2) is 0 Å². The van der Waals surface area contributed by atoms with E-state index in [1.165, 1.54) is 6.42 Å². The Bertz CT molecular complexity index is 99.2. The molecule has 0 aliphatic heterocycles. The SMILES string of the molecule is CCOC(CC)C(CC)C(C)C. The summed E-state index contributed by atoms with van der Waals surface area (Å²) in [7, 11) is 0. The first-order valence-electron chi connectivity index (χ1n) is 5.28. The Hall–Kier alpha value is -0.0400. The Balaban J connectivity index is 4.02. The van der Waals surface area contributed by atoms with Crippen LogP contribution in [-0.2, 0) is 4.74 Å². The molecule has 1 heteroatoms. The molecule has 0 heterocycles. The molecule has 0 N–H and O–H groups in total. The minimum Gasteiger partial charge on any atom is -0.378 e. The topological polar surface area (TPSA) is 9.23 Å². The molecule has 0 aliphatic carbocycles. The predicted octanol–water partition coefficient (Wildman–Crippen LogP) is 3.48. The zero-order valence-electron chi connectivity index (χ0n) is 9.26. The molecule has 2 atom stereocenters. The standard InChI is InChI=1S/C11H24O/c1-6-10(9(4)5)11(7-2)12-8-3/h9-11H,6-8H2,1-5H3. The molecule has 0 saturated carbocycles. The van der Waals surface area contributed by atoms with Crippen molar-refractivity contribution in [2.75, 3.05) is 6.61 Å². The third-order valence-corrected chi connectivity index (χ3v) is 2.59. The molecule has 1 nitrogen and oxygen atoms in total. The smallest absolute Gasteiger partial charge is 0.0602 e. The second kappa shape index (κ2) is 6.47. The zero-order chi connectivity index (χ0) is 9.56. The maximum absolute atomic E-state index is 5.71. The van der Waals surface area contributed by atoms with Gasteiger partial charge in [-0.1, -0.05) is 34.1 Å². The fraction of sp³-hybridized carbons (Fsp3) is 1.00. The Morgan fingerprint density at radius 2 is 1.58 bits per heavy atom. The van der Waals surface area contributed by atoms with Gasteiger partial charge in [0.05, 0.1) is 6.10 Å². The van der Waals surface area contributed by atoms with Gasteiger partial charge in [-0.2, -0.15) is 0 Å². The highest BCUT2D eigenvalue weighted by Crippen LogP contribution is 2.23. The summed E-state index contributed by atoms with van der Waals surface area (Å²) in [6.45, 7) is 12.0. The molecule has 0 aliphatic rings. The normalized spacial score (nSPS) is 16.5. The molecule has 0 aromatic rings. The highest BCUT2D eigenvalue weighted by atomic mass is 16.5. The van der Waals surface area contributed by atoms with Crippen LogP contribution in [-0.4, -0.2) is 12.7 Å². The van der Waals surface area contributed by atoms with Crippen molar-refractivity contribution in [2.45, 2.75) is 53.6 Å². The van der Waals surface area contributed by atoms with Crippen LogP contribution in [0, 0.1) is 11.8 Å². The van der Waals surface area contributed by atoms with E-state index in [2.05, 4.69) is 34.6 Å². The summed E-state index contributed by atoms with van der Waals surface area (Å²) < 4.78 is 5.71. The van der Waals surface area contributed by atoms with E-state index in [-0.39, 0.29) is 0 Å². The molecular formula is C11H24O. The van der Waals surface area contributed by atoms with Crippen LogP contribution in [0.3, 0.4) is 0 Å². The van der Waals surface area contributed by atoms with Gasteiger partial charge in [-0.15, -0.1) is 0 Å². The fourth-order valence-corrected chi connectivity index (χ4v) is 1.92. The van der Waals surface area contributed by atoms with Crippen LogP contribution in [0.25, 0.3) is 0 Å². The highest BCUT2D eigenvalue weighted by Gasteiger charge is 2.21. The van der Waals surface area contributed by atoms with Crippen molar-refractivity contribution in [1.29, 1.82) is 0 Å². The summed E-state index contributed by atoms with van der Waals surface area (Å²) >= 11 is 0. The molecule has 0 fully saturated rings. The van der Waals surface area contributed by atoms with Gasteiger partial charge in [-0.05, 0) is 25.2 Å². The Kier molecular flexibility index (Phi) is 6.45.